The lowest BCUT2D eigenvalue weighted by molar-refractivity contribution is 0.102. The van der Waals surface area contributed by atoms with Gasteiger partial charge >= 0.3 is 0 Å². The van der Waals surface area contributed by atoms with Crippen molar-refractivity contribution in [1.82, 2.24) is 4.98 Å². The van der Waals surface area contributed by atoms with Gasteiger partial charge in [0.1, 0.15) is 5.69 Å². The molecule has 2 aromatic heterocycles. The minimum Gasteiger partial charge on any atom is -0.388 e. The monoisotopic (exact) mass is 324 g/mol. The molecule has 0 fully saturated rings. The summed E-state index contributed by atoms with van der Waals surface area (Å²) in [5.74, 6) is -0.245. The number of nitrogens with one attached hydrogen (secondary N) is 1. The number of thiophene rings is 1. The highest BCUT2D eigenvalue weighted by atomic mass is 32.1. The number of pyridine rings is 1. The van der Waals surface area contributed by atoms with E-state index in [2.05, 4.69) is 10.3 Å². The highest BCUT2D eigenvalue weighted by Crippen LogP contribution is 2.35. The van der Waals surface area contributed by atoms with E-state index in [9.17, 15) is 9.90 Å². The lowest BCUT2D eigenvalue weighted by Gasteiger charge is -2.09. The van der Waals surface area contributed by atoms with Gasteiger partial charge in [0, 0.05) is 27.2 Å². The number of benzene rings is 1. The number of anilines is 1. The lowest BCUT2D eigenvalue weighted by Crippen LogP contribution is -2.13. The van der Waals surface area contributed by atoms with Crippen molar-refractivity contribution in [2.75, 3.05) is 5.32 Å². The molecule has 0 aliphatic rings. The first-order valence-corrected chi connectivity index (χ1v) is 8.06. The van der Waals surface area contributed by atoms with Gasteiger partial charge in [-0.1, -0.05) is 24.3 Å². The number of carbonyl (C=O) groups is 1. The molecule has 1 amide bonds. The minimum absolute atomic E-state index is 0.245. The van der Waals surface area contributed by atoms with Crippen molar-refractivity contribution in [2.24, 2.45) is 0 Å². The zero-order valence-corrected chi connectivity index (χ0v) is 13.4. The maximum absolute atomic E-state index is 12.3. The maximum Gasteiger partial charge on any atom is 0.274 e. The number of aromatic nitrogens is 1. The summed E-state index contributed by atoms with van der Waals surface area (Å²) in [7, 11) is 0. The first-order chi connectivity index (χ1) is 11.1. The molecule has 23 heavy (non-hydrogen) atoms. The average Bonchev–Trinajstić information content (AvgIpc) is 3.06. The lowest BCUT2D eigenvalue weighted by atomic mass is 10.1. The Morgan fingerprint density at radius 1 is 1.13 bits per heavy atom. The maximum atomic E-state index is 12.3. The molecule has 2 N–H and O–H groups in total. The quantitative estimate of drug-likeness (QED) is 0.759. The zero-order chi connectivity index (χ0) is 16.2. The molecule has 0 radical (unpaired) electrons. The Morgan fingerprint density at radius 3 is 2.61 bits per heavy atom. The summed E-state index contributed by atoms with van der Waals surface area (Å²) >= 11 is 1.51. The molecule has 3 rings (SSSR count). The van der Waals surface area contributed by atoms with E-state index in [1.807, 2.05) is 36.4 Å². The molecule has 2 heterocycles. The number of nitrogens with zero attached hydrogens (tertiary/aromatic N) is 1. The minimum atomic E-state index is -0.496. The Balaban J connectivity index is 1.90. The van der Waals surface area contributed by atoms with E-state index in [4.69, 9.17) is 0 Å². The molecule has 0 bridgehead atoms. The Morgan fingerprint density at radius 2 is 1.91 bits per heavy atom. The summed E-state index contributed by atoms with van der Waals surface area (Å²) < 4.78 is 0. The molecular formula is C18H16N2O2S. The Bertz CT molecular complexity index is 813. The van der Waals surface area contributed by atoms with E-state index in [0.29, 0.717) is 5.69 Å². The molecule has 0 saturated heterocycles. The standard InChI is InChI=1S/C18H16N2O2S/c1-12(21)16-9-10-17(23-16)13-6-2-3-7-14(13)20-18(22)15-8-4-5-11-19-15/h2-12,21H,1H3,(H,20,22). The fraction of sp³-hybridized carbons (Fsp3) is 0.111. The van der Waals surface area contributed by atoms with Crippen LogP contribution in [0.4, 0.5) is 5.69 Å². The van der Waals surface area contributed by atoms with Crippen molar-refractivity contribution in [3.05, 3.63) is 71.4 Å². The molecule has 1 unspecified atom stereocenters. The Hall–Kier alpha value is -2.50. The molecule has 4 nitrogen and oxygen atoms in total. The summed E-state index contributed by atoms with van der Waals surface area (Å²) in [5.41, 5.74) is 2.02. The fourth-order valence-electron chi connectivity index (χ4n) is 2.21. The van der Waals surface area contributed by atoms with Gasteiger partial charge in [-0.05, 0) is 37.3 Å². The smallest absolute Gasteiger partial charge is 0.274 e. The van der Waals surface area contributed by atoms with E-state index in [0.717, 1.165) is 21.0 Å². The predicted molar refractivity (Wildman–Crippen MR) is 92.6 cm³/mol. The van der Waals surface area contributed by atoms with Gasteiger partial charge in [-0.25, -0.2) is 0 Å². The van der Waals surface area contributed by atoms with Gasteiger partial charge in [0.2, 0.25) is 0 Å². The molecule has 5 heteroatoms. The van der Waals surface area contributed by atoms with Crippen molar-refractivity contribution >= 4 is 22.9 Å². The largest absolute Gasteiger partial charge is 0.388 e. The third kappa shape index (κ3) is 3.47. The van der Waals surface area contributed by atoms with Crippen LogP contribution >= 0.6 is 11.3 Å². The highest BCUT2D eigenvalue weighted by Gasteiger charge is 2.13. The van der Waals surface area contributed by atoms with Crippen LogP contribution in [0, 0.1) is 0 Å². The van der Waals surface area contributed by atoms with Crippen LogP contribution in [0.5, 0.6) is 0 Å². The van der Waals surface area contributed by atoms with Gasteiger partial charge in [0.05, 0.1) is 6.10 Å². The number of aliphatic hydroxyl groups is 1. The van der Waals surface area contributed by atoms with Gasteiger partial charge in [-0.15, -0.1) is 11.3 Å². The molecule has 0 spiro atoms. The van der Waals surface area contributed by atoms with E-state index in [1.165, 1.54) is 11.3 Å². The van der Waals surface area contributed by atoms with Crippen LogP contribution in [0.3, 0.4) is 0 Å². The number of amides is 1. The van der Waals surface area contributed by atoms with Crippen LogP contribution in [0.2, 0.25) is 0 Å². The summed E-state index contributed by atoms with van der Waals surface area (Å²) in [6.07, 6.45) is 1.10. The zero-order valence-electron chi connectivity index (χ0n) is 12.6. The van der Waals surface area contributed by atoms with Gasteiger partial charge in [0.25, 0.3) is 5.91 Å². The second-order valence-electron chi connectivity index (χ2n) is 5.09. The van der Waals surface area contributed by atoms with Gasteiger partial charge < -0.3 is 10.4 Å². The van der Waals surface area contributed by atoms with Crippen LogP contribution < -0.4 is 5.32 Å². The second kappa shape index (κ2) is 6.73. The number of rotatable bonds is 4. The fourth-order valence-corrected chi connectivity index (χ4v) is 3.20. The third-order valence-corrected chi connectivity index (χ3v) is 4.67. The van der Waals surface area contributed by atoms with Crippen LogP contribution in [0.1, 0.15) is 28.4 Å². The van der Waals surface area contributed by atoms with E-state index in [-0.39, 0.29) is 5.91 Å². The Labute approximate surface area is 138 Å². The van der Waals surface area contributed by atoms with Crippen molar-refractivity contribution < 1.29 is 9.90 Å². The molecule has 1 atom stereocenters. The molecule has 0 saturated carbocycles. The second-order valence-corrected chi connectivity index (χ2v) is 6.21. The van der Waals surface area contributed by atoms with E-state index >= 15 is 0 Å². The molecule has 116 valence electrons. The summed E-state index contributed by atoms with van der Waals surface area (Å²) in [4.78, 5) is 18.3. The molecule has 1 aromatic carbocycles. The molecule has 0 aliphatic heterocycles. The average molecular weight is 324 g/mol. The van der Waals surface area contributed by atoms with Crippen molar-refractivity contribution in [3.63, 3.8) is 0 Å². The normalized spacial score (nSPS) is 11.9. The third-order valence-electron chi connectivity index (χ3n) is 3.38. The van der Waals surface area contributed by atoms with Gasteiger partial charge in [-0.3, -0.25) is 9.78 Å². The van der Waals surface area contributed by atoms with Gasteiger partial charge in [-0.2, -0.15) is 0 Å². The molecular weight excluding hydrogens is 308 g/mol. The van der Waals surface area contributed by atoms with Crippen molar-refractivity contribution in [3.8, 4) is 10.4 Å². The van der Waals surface area contributed by atoms with E-state index < -0.39 is 6.10 Å². The van der Waals surface area contributed by atoms with Crippen molar-refractivity contribution in [2.45, 2.75) is 13.0 Å². The van der Waals surface area contributed by atoms with Crippen LogP contribution in [-0.4, -0.2) is 16.0 Å². The number of hydrogen-bond acceptors (Lipinski definition) is 4. The molecule has 3 aromatic rings. The number of aliphatic hydroxyl groups excluding tert-OH is 1. The van der Waals surface area contributed by atoms with Gasteiger partial charge in [0.15, 0.2) is 0 Å². The first-order valence-electron chi connectivity index (χ1n) is 7.25. The Kier molecular flexibility index (Phi) is 4.50. The highest BCUT2D eigenvalue weighted by molar-refractivity contribution is 7.15. The van der Waals surface area contributed by atoms with E-state index in [1.54, 1.807) is 31.3 Å². The summed E-state index contributed by atoms with van der Waals surface area (Å²) in [5, 5.41) is 12.6. The number of hydrogen-bond donors (Lipinski definition) is 2. The summed E-state index contributed by atoms with van der Waals surface area (Å²) in [6.45, 7) is 1.74. The number of para-hydroxylation sites is 1. The first kappa shape index (κ1) is 15.4. The summed E-state index contributed by atoms with van der Waals surface area (Å²) in [6, 6.07) is 16.7. The van der Waals surface area contributed by atoms with Crippen LogP contribution in [0.15, 0.2) is 60.8 Å². The molecule has 0 aliphatic carbocycles. The SMILES string of the molecule is CC(O)c1ccc(-c2ccccc2NC(=O)c2ccccn2)s1. The predicted octanol–water partition coefficient (Wildman–Crippen LogP) is 4.12. The topological polar surface area (TPSA) is 62.2 Å². The van der Waals surface area contributed by atoms with Crippen LogP contribution in [-0.2, 0) is 0 Å². The van der Waals surface area contributed by atoms with Crippen LogP contribution in [0.25, 0.3) is 10.4 Å². The number of carbonyl (C=O) groups excluding carboxylic acids is 1. The van der Waals surface area contributed by atoms with Crippen molar-refractivity contribution in [1.29, 1.82) is 0 Å².